The molecule has 0 amide bonds. The average Bonchev–Trinajstić information content (AvgIpc) is 3.33. The topological polar surface area (TPSA) is 114 Å². The first kappa shape index (κ1) is 26.9. The zero-order valence-electron chi connectivity index (χ0n) is 20.6. The Kier molecular flexibility index (Phi) is 7.67. The fraction of sp³-hybridized carbons (Fsp3) is 0.143. The summed E-state index contributed by atoms with van der Waals surface area (Å²) in [5.41, 5.74) is 0.700. The van der Waals surface area contributed by atoms with E-state index in [0.717, 1.165) is 11.6 Å². The van der Waals surface area contributed by atoms with Crippen LogP contribution in [0.15, 0.2) is 67.3 Å². The maximum atomic E-state index is 13.2. The Morgan fingerprint density at radius 2 is 1.97 bits per heavy atom. The van der Waals surface area contributed by atoms with Crippen LogP contribution in [0.1, 0.15) is 29.4 Å². The summed E-state index contributed by atoms with van der Waals surface area (Å²) in [6, 6.07) is 14.7. The molecular weight excluding hydrogens is 513 g/mol. The number of benzene rings is 3. The number of hydrogen-bond acceptors (Lipinski definition) is 6. The molecule has 3 aromatic carbocycles. The molecule has 0 saturated carbocycles. The third-order valence-electron chi connectivity index (χ3n) is 5.59. The van der Waals surface area contributed by atoms with Gasteiger partial charge in [0, 0.05) is 11.6 Å². The highest BCUT2D eigenvalue weighted by atomic mass is 19.4. The number of nitro groups is 1. The van der Waals surface area contributed by atoms with Crippen molar-refractivity contribution in [1.82, 2.24) is 9.97 Å². The lowest BCUT2D eigenvalue weighted by Gasteiger charge is -2.17. The molecule has 1 heterocycles. The van der Waals surface area contributed by atoms with Crippen LogP contribution in [0.4, 0.5) is 18.9 Å². The minimum atomic E-state index is -4.76. The lowest BCUT2D eigenvalue weighted by Crippen LogP contribution is -2.06. The van der Waals surface area contributed by atoms with Crippen molar-refractivity contribution >= 4 is 28.4 Å². The van der Waals surface area contributed by atoms with Crippen molar-refractivity contribution in [1.29, 1.82) is 5.26 Å². The lowest BCUT2D eigenvalue weighted by atomic mass is 10.0. The summed E-state index contributed by atoms with van der Waals surface area (Å²) in [6.07, 6.45) is -1.37. The third kappa shape index (κ3) is 5.91. The number of fused-ring (bicyclic) bond motifs is 1. The monoisotopic (exact) mass is 534 g/mol. The van der Waals surface area contributed by atoms with Crippen molar-refractivity contribution in [2.75, 3.05) is 6.61 Å². The van der Waals surface area contributed by atoms with Gasteiger partial charge in [0.2, 0.25) is 5.75 Å². The van der Waals surface area contributed by atoms with Crippen LogP contribution in [-0.4, -0.2) is 21.5 Å². The number of para-hydroxylation sites is 2. The van der Waals surface area contributed by atoms with Gasteiger partial charge in [-0.2, -0.15) is 18.4 Å². The van der Waals surface area contributed by atoms with Crippen molar-refractivity contribution in [2.24, 2.45) is 0 Å². The molecule has 8 nitrogen and oxygen atoms in total. The first-order valence-electron chi connectivity index (χ1n) is 11.7. The largest absolute Gasteiger partial charge is 0.490 e. The maximum absolute atomic E-state index is 13.2. The van der Waals surface area contributed by atoms with E-state index in [1.807, 2.05) is 24.3 Å². The summed E-state index contributed by atoms with van der Waals surface area (Å²) >= 11 is 0. The van der Waals surface area contributed by atoms with Gasteiger partial charge in [-0.3, -0.25) is 10.1 Å². The number of aromatic nitrogens is 2. The summed E-state index contributed by atoms with van der Waals surface area (Å²) < 4.78 is 51.0. The molecule has 0 atom stereocenters. The highest BCUT2D eigenvalue weighted by Gasteiger charge is 2.33. The first-order chi connectivity index (χ1) is 18.6. The van der Waals surface area contributed by atoms with E-state index >= 15 is 0 Å². The average molecular weight is 534 g/mol. The SMILES string of the molecule is C=CCc1cc(/C=C(\C#N)c2nc3ccccc3[nH]2)cc(OCC)c1Oc1ccc(C(F)(F)F)cc1[N+](=O)[O-]. The number of nitrogens with one attached hydrogen (secondary N) is 1. The molecule has 0 aliphatic rings. The van der Waals surface area contributed by atoms with Crippen molar-refractivity contribution < 1.29 is 27.6 Å². The smallest absolute Gasteiger partial charge is 0.416 e. The zero-order chi connectivity index (χ0) is 28.2. The van der Waals surface area contributed by atoms with E-state index in [2.05, 4.69) is 22.6 Å². The van der Waals surface area contributed by atoms with E-state index in [9.17, 15) is 28.5 Å². The maximum Gasteiger partial charge on any atom is 0.416 e. The lowest BCUT2D eigenvalue weighted by molar-refractivity contribution is -0.385. The summed E-state index contributed by atoms with van der Waals surface area (Å²) in [6.45, 7) is 5.64. The Hall–Kier alpha value is -5.11. The zero-order valence-corrected chi connectivity index (χ0v) is 20.6. The van der Waals surface area contributed by atoms with E-state index in [1.165, 1.54) is 0 Å². The summed E-state index contributed by atoms with van der Waals surface area (Å²) in [4.78, 5) is 18.2. The van der Waals surface area contributed by atoms with Crippen LogP contribution < -0.4 is 9.47 Å². The first-order valence-corrected chi connectivity index (χ1v) is 11.7. The number of nitro benzene ring substituents is 1. The van der Waals surface area contributed by atoms with Crippen LogP contribution in [0.3, 0.4) is 0 Å². The molecule has 39 heavy (non-hydrogen) atoms. The van der Waals surface area contributed by atoms with Crippen molar-refractivity contribution in [2.45, 2.75) is 19.5 Å². The van der Waals surface area contributed by atoms with Gasteiger partial charge in [0.1, 0.15) is 11.9 Å². The standard InChI is InChI=1S/C28H21F3N4O4/c1-3-7-18-12-17(13-19(16-32)27-33-21-8-5-6-9-22(21)34-27)14-25(38-4-2)26(18)39-24-11-10-20(28(29,30)31)15-23(24)35(36)37/h3,5-6,8-15H,1,4,7H2,2H3,(H,33,34)/b19-13+. The fourth-order valence-electron chi connectivity index (χ4n) is 3.89. The fourth-order valence-corrected chi connectivity index (χ4v) is 3.89. The molecule has 0 radical (unpaired) electrons. The molecule has 4 aromatic rings. The Bertz CT molecular complexity index is 1600. The molecule has 0 spiro atoms. The number of nitriles is 1. The van der Waals surface area contributed by atoms with E-state index < -0.39 is 22.4 Å². The van der Waals surface area contributed by atoms with Gasteiger partial charge in [-0.25, -0.2) is 4.98 Å². The minimum Gasteiger partial charge on any atom is -0.490 e. The number of nitrogens with zero attached hydrogens (tertiary/aromatic N) is 3. The van der Waals surface area contributed by atoms with Crippen LogP contribution >= 0.6 is 0 Å². The minimum absolute atomic E-state index is 0.0824. The molecule has 0 aliphatic carbocycles. The summed E-state index contributed by atoms with van der Waals surface area (Å²) in [5, 5.41) is 21.4. The van der Waals surface area contributed by atoms with Crippen LogP contribution in [-0.2, 0) is 12.6 Å². The van der Waals surface area contributed by atoms with Crippen LogP contribution in [0.5, 0.6) is 17.2 Å². The van der Waals surface area contributed by atoms with Gasteiger partial charge in [0.15, 0.2) is 11.5 Å². The number of ether oxygens (including phenoxy) is 2. The Balaban J connectivity index is 1.81. The molecule has 0 bridgehead atoms. The van der Waals surface area contributed by atoms with Gasteiger partial charge in [-0.15, -0.1) is 6.58 Å². The van der Waals surface area contributed by atoms with Crippen LogP contribution in [0, 0.1) is 21.4 Å². The van der Waals surface area contributed by atoms with Gasteiger partial charge in [0.05, 0.1) is 33.7 Å². The Labute approximate surface area is 220 Å². The number of imidazole rings is 1. The third-order valence-corrected chi connectivity index (χ3v) is 5.59. The summed E-state index contributed by atoms with van der Waals surface area (Å²) in [7, 11) is 0. The molecule has 0 fully saturated rings. The molecule has 0 saturated heterocycles. The number of allylic oxidation sites excluding steroid dienone is 2. The van der Waals surface area contributed by atoms with Crippen LogP contribution in [0.25, 0.3) is 22.7 Å². The number of hydrogen-bond donors (Lipinski definition) is 1. The van der Waals surface area contributed by atoms with Crippen molar-refractivity contribution in [3.05, 3.63) is 99.9 Å². The highest BCUT2D eigenvalue weighted by molar-refractivity contribution is 5.90. The van der Waals surface area contributed by atoms with Gasteiger partial charge >= 0.3 is 11.9 Å². The van der Waals surface area contributed by atoms with Gasteiger partial charge < -0.3 is 14.5 Å². The van der Waals surface area contributed by atoms with Crippen molar-refractivity contribution in [3.63, 3.8) is 0 Å². The van der Waals surface area contributed by atoms with Crippen molar-refractivity contribution in [3.8, 4) is 23.3 Å². The second kappa shape index (κ2) is 11.1. The molecular formula is C28H21F3N4O4. The van der Waals surface area contributed by atoms with E-state index in [0.29, 0.717) is 34.6 Å². The Morgan fingerprint density at radius 1 is 1.21 bits per heavy atom. The summed E-state index contributed by atoms with van der Waals surface area (Å²) in [5.74, 6) is 0.239. The predicted molar refractivity (Wildman–Crippen MR) is 139 cm³/mol. The van der Waals surface area contributed by atoms with E-state index in [4.69, 9.17) is 9.47 Å². The highest BCUT2D eigenvalue weighted by Crippen LogP contribution is 2.42. The number of alkyl halides is 3. The van der Waals surface area contributed by atoms with Crippen LogP contribution in [0.2, 0.25) is 0 Å². The molecule has 198 valence electrons. The van der Waals surface area contributed by atoms with Gasteiger partial charge in [-0.1, -0.05) is 18.2 Å². The second-order valence-electron chi connectivity index (χ2n) is 8.24. The molecule has 4 rings (SSSR count). The second-order valence-corrected chi connectivity index (χ2v) is 8.24. The number of halogens is 3. The molecule has 0 unspecified atom stereocenters. The molecule has 1 N–H and O–H groups in total. The number of rotatable bonds is 9. The predicted octanol–water partition coefficient (Wildman–Crippen LogP) is 7.47. The molecule has 1 aromatic heterocycles. The van der Waals surface area contributed by atoms with E-state index in [-0.39, 0.29) is 35.8 Å². The van der Waals surface area contributed by atoms with Gasteiger partial charge in [0.25, 0.3) is 0 Å². The molecule has 11 heteroatoms. The van der Waals surface area contributed by atoms with E-state index in [1.54, 1.807) is 31.2 Å². The molecule has 0 aliphatic heterocycles. The number of aromatic amines is 1. The van der Waals surface area contributed by atoms with Gasteiger partial charge in [-0.05, 0) is 61.4 Å². The number of H-pyrrole nitrogens is 1. The normalized spacial score (nSPS) is 11.7. The quantitative estimate of drug-likeness (QED) is 0.103. The Morgan fingerprint density at radius 3 is 2.62 bits per heavy atom.